The third-order valence-electron chi connectivity index (χ3n) is 4.11. The maximum atomic E-state index is 12.3. The van der Waals surface area contributed by atoms with Gasteiger partial charge in [0.2, 0.25) is 5.95 Å². The van der Waals surface area contributed by atoms with E-state index in [2.05, 4.69) is 25.7 Å². The number of halogens is 1. The Bertz CT molecular complexity index is 1060. The molecule has 3 rings (SSSR count). The number of nitrogens with one attached hydrogen (secondary N) is 2. The Morgan fingerprint density at radius 1 is 1.33 bits per heavy atom. The Morgan fingerprint density at radius 2 is 2.10 bits per heavy atom. The van der Waals surface area contributed by atoms with Gasteiger partial charge in [0, 0.05) is 30.9 Å². The van der Waals surface area contributed by atoms with E-state index in [1.165, 1.54) is 13.3 Å². The molecular weight excluding hydrogens is 408 g/mol. The van der Waals surface area contributed by atoms with Crippen LogP contribution in [0.15, 0.2) is 36.8 Å². The smallest absolute Gasteiger partial charge is 0.251 e. The molecule has 0 bridgehead atoms. The van der Waals surface area contributed by atoms with Crippen LogP contribution in [0.3, 0.4) is 0 Å². The highest BCUT2D eigenvalue weighted by Crippen LogP contribution is 2.30. The van der Waals surface area contributed by atoms with Gasteiger partial charge in [0.15, 0.2) is 0 Å². The number of aryl methyl sites for hydroxylation is 1. The van der Waals surface area contributed by atoms with Crippen molar-refractivity contribution in [2.24, 2.45) is 7.05 Å². The zero-order valence-corrected chi connectivity index (χ0v) is 17.9. The first-order valence-electron chi connectivity index (χ1n) is 9.13. The van der Waals surface area contributed by atoms with Crippen molar-refractivity contribution in [2.75, 3.05) is 19.0 Å². The van der Waals surface area contributed by atoms with Crippen molar-refractivity contribution in [1.29, 1.82) is 0 Å². The standard InChI is InChI=1S/C20H23ClN6O3/c1-20(2,29)11-23-18(28)12-5-6-15(16(7-12)30-4)25-19-22-9-14(21)17(26-19)13-8-24-27(3)10-13/h5-10,29H,11H2,1-4H3,(H,23,28)(H,22,25,26). The lowest BCUT2D eigenvalue weighted by molar-refractivity contribution is 0.0694. The molecule has 9 nitrogen and oxygen atoms in total. The van der Waals surface area contributed by atoms with E-state index in [4.69, 9.17) is 16.3 Å². The predicted octanol–water partition coefficient (Wildman–Crippen LogP) is 2.78. The first-order chi connectivity index (χ1) is 14.2. The molecule has 0 fully saturated rings. The summed E-state index contributed by atoms with van der Waals surface area (Å²) in [5.74, 6) is 0.437. The molecule has 10 heteroatoms. The zero-order chi connectivity index (χ0) is 21.9. The van der Waals surface area contributed by atoms with Crippen molar-refractivity contribution in [3.05, 3.63) is 47.4 Å². The van der Waals surface area contributed by atoms with Gasteiger partial charge in [0.05, 0.1) is 41.5 Å². The monoisotopic (exact) mass is 430 g/mol. The average Bonchev–Trinajstić information content (AvgIpc) is 3.13. The highest BCUT2D eigenvalue weighted by molar-refractivity contribution is 6.32. The molecule has 0 unspecified atom stereocenters. The third kappa shape index (κ3) is 5.25. The number of aliphatic hydroxyl groups is 1. The fourth-order valence-electron chi connectivity index (χ4n) is 2.63. The summed E-state index contributed by atoms with van der Waals surface area (Å²) in [5, 5.41) is 20.1. The fraction of sp³-hybridized carbons (Fsp3) is 0.300. The van der Waals surface area contributed by atoms with E-state index < -0.39 is 5.60 Å². The Hall–Kier alpha value is -3.17. The minimum atomic E-state index is -1.00. The first-order valence-corrected chi connectivity index (χ1v) is 9.51. The number of rotatable bonds is 7. The van der Waals surface area contributed by atoms with Crippen molar-refractivity contribution in [1.82, 2.24) is 25.1 Å². The molecule has 1 amide bonds. The summed E-state index contributed by atoms with van der Waals surface area (Å²) in [5.41, 5.74) is 1.28. The lowest BCUT2D eigenvalue weighted by Gasteiger charge is -2.18. The molecule has 0 saturated heterocycles. The number of nitrogens with zero attached hydrogens (tertiary/aromatic N) is 4. The van der Waals surface area contributed by atoms with E-state index in [0.29, 0.717) is 33.7 Å². The maximum Gasteiger partial charge on any atom is 0.251 e. The molecule has 0 spiro atoms. The molecule has 0 aliphatic carbocycles. The van der Waals surface area contributed by atoms with Gasteiger partial charge in [-0.05, 0) is 32.0 Å². The topological polar surface area (TPSA) is 114 Å². The fourth-order valence-corrected chi connectivity index (χ4v) is 2.83. The van der Waals surface area contributed by atoms with Crippen LogP contribution in [-0.4, -0.2) is 50.0 Å². The Kier molecular flexibility index (Phi) is 6.23. The summed E-state index contributed by atoms with van der Waals surface area (Å²) in [6, 6.07) is 4.93. The van der Waals surface area contributed by atoms with E-state index in [-0.39, 0.29) is 12.5 Å². The molecule has 0 aliphatic heterocycles. The van der Waals surface area contributed by atoms with Gasteiger partial charge in [-0.1, -0.05) is 11.6 Å². The molecule has 0 radical (unpaired) electrons. The summed E-state index contributed by atoms with van der Waals surface area (Å²) in [6.07, 6.45) is 4.98. The van der Waals surface area contributed by atoms with Crippen LogP contribution >= 0.6 is 11.6 Å². The highest BCUT2D eigenvalue weighted by atomic mass is 35.5. The van der Waals surface area contributed by atoms with Crippen LogP contribution in [0.25, 0.3) is 11.3 Å². The lowest BCUT2D eigenvalue weighted by Crippen LogP contribution is -2.38. The summed E-state index contributed by atoms with van der Waals surface area (Å²) in [6.45, 7) is 3.36. The van der Waals surface area contributed by atoms with Gasteiger partial charge in [-0.15, -0.1) is 0 Å². The maximum absolute atomic E-state index is 12.3. The minimum Gasteiger partial charge on any atom is -0.495 e. The number of hydrogen-bond acceptors (Lipinski definition) is 7. The number of amides is 1. The van der Waals surface area contributed by atoms with Gasteiger partial charge in [-0.3, -0.25) is 9.48 Å². The molecule has 0 atom stereocenters. The number of anilines is 2. The van der Waals surface area contributed by atoms with Crippen LogP contribution in [0.2, 0.25) is 5.02 Å². The molecule has 30 heavy (non-hydrogen) atoms. The molecule has 2 aromatic heterocycles. The van der Waals surface area contributed by atoms with Gasteiger partial charge >= 0.3 is 0 Å². The van der Waals surface area contributed by atoms with Crippen LogP contribution in [0.1, 0.15) is 24.2 Å². The Balaban J connectivity index is 1.82. The summed E-state index contributed by atoms with van der Waals surface area (Å²) < 4.78 is 7.07. The number of ether oxygens (including phenoxy) is 1. The van der Waals surface area contributed by atoms with E-state index in [1.54, 1.807) is 49.1 Å². The molecule has 0 saturated carbocycles. The van der Waals surface area contributed by atoms with Crippen LogP contribution in [0, 0.1) is 0 Å². The Labute approximate surface area is 179 Å². The zero-order valence-electron chi connectivity index (χ0n) is 17.1. The Morgan fingerprint density at radius 3 is 2.73 bits per heavy atom. The number of methoxy groups -OCH3 is 1. The number of carbonyl (C=O) groups is 1. The van der Waals surface area contributed by atoms with Crippen molar-refractivity contribution in [3.63, 3.8) is 0 Å². The van der Waals surface area contributed by atoms with Gasteiger partial charge < -0.3 is 20.5 Å². The largest absolute Gasteiger partial charge is 0.495 e. The van der Waals surface area contributed by atoms with Crippen molar-refractivity contribution >= 4 is 29.1 Å². The molecule has 2 heterocycles. The van der Waals surface area contributed by atoms with Crippen molar-refractivity contribution in [2.45, 2.75) is 19.4 Å². The average molecular weight is 431 g/mol. The van der Waals surface area contributed by atoms with Crippen LogP contribution in [-0.2, 0) is 7.05 Å². The predicted molar refractivity (Wildman–Crippen MR) is 114 cm³/mol. The first kappa shape index (κ1) is 21.5. The van der Waals surface area contributed by atoms with Gasteiger partial charge in [-0.2, -0.15) is 5.10 Å². The summed E-state index contributed by atoms with van der Waals surface area (Å²) in [7, 11) is 3.31. The number of carbonyl (C=O) groups excluding carboxylic acids is 1. The summed E-state index contributed by atoms with van der Waals surface area (Å²) >= 11 is 6.24. The molecular formula is C20H23ClN6O3. The third-order valence-corrected chi connectivity index (χ3v) is 4.39. The van der Waals surface area contributed by atoms with E-state index in [1.807, 2.05) is 7.05 Å². The molecule has 0 aliphatic rings. The second-order valence-electron chi connectivity index (χ2n) is 7.33. The number of hydrogen-bond donors (Lipinski definition) is 3. The van der Waals surface area contributed by atoms with E-state index in [9.17, 15) is 9.90 Å². The minimum absolute atomic E-state index is 0.129. The number of benzene rings is 1. The van der Waals surface area contributed by atoms with E-state index >= 15 is 0 Å². The second-order valence-corrected chi connectivity index (χ2v) is 7.74. The van der Waals surface area contributed by atoms with Crippen molar-refractivity contribution in [3.8, 4) is 17.0 Å². The van der Waals surface area contributed by atoms with Crippen molar-refractivity contribution < 1.29 is 14.6 Å². The summed E-state index contributed by atoms with van der Waals surface area (Å²) in [4.78, 5) is 21.0. The van der Waals surface area contributed by atoms with Crippen LogP contribution in [0.4, 0.5) is 11.6 Å². The molecule has 3 N–H and O–H groups in total. The van der Waals surface area contributed by atoms with Gasteiger partial charge in [0.25, 0.3) is 5.91 Å². The SMILES string of the molecule is COc1cc(C(=O)NCC(C)(C)O)ccc1Nc1ncc(Cl)c(-c2cnn(C)c2)n1. The van der Waals surface area contributed by atoms with E-state index in [0.717, 1.165) is 5.56 Å². The number of aromatic nitrogens is 4. The lowest BCUT2D eigenvalue weighted by atomic mass is 10.1. The second kappa shape index (κ2) is 8.68. The molecule has 1 aromatic carbocycles. The van der Waals surface area contributed by atoms with Gasteiger partial charge in [0.1, 0.15) is 5.75 Å². The molecule has 3 aromatic rings. The normalized spacial score (nSPS) is 11.3. The highest BCUT2D eigenvalue weighted by Gasteiger charge is 2.17. The van der Waals surface area contributed by atoms with Gasteiger partial charge in [-0.25, -0.2) is 9.97 Å². The molecule has 158 valence electrons. The van der Waals surface area contributed by atoms with Crippen LogP contribution < -0.4 is 15.4 Å². The van der Waals surface area contributed by atoms with Crippen LogP contribution in [0.5, 0.6) is 5.75 Å². The quantitative estimate of drug-likeness (QED) is 0.528.